The van der Waals surface area contributed by atoms with Crippen molar-refractivity contribution in [1.82, 2.24) is 4.90 Å². The Balaban J connectivity index is 2.04. The molecule has 1 aromatic rings. The fourth-order valence-corrected chi connectivity index (χ4v) is 5.90. The number of carbonyl (C=O) groups is 4. The largest absolute Gasteiger partial charge is 0.511 e. The zero-order chi connectivity index (χ0) is 30.3. The Hall–Kier alpha value is -3.06. The summed E-state index contributed by atoms with van der Waals surface area (Å²) in [6, 6.07) is 0.978. The van der Waals surface area contributed by atoms with E-state index < -0.39 is 25.0 Å². The Morgan fingerprint density at radius 3 is 2.41 bits per heavy atom. The number of likely N-dealkylation sites (tertiary alicyclic amines) is 1. The SMILES string of the molecule is CC1CCC(C(=O)N(c2cc(C#CC(C)(C)C)sc2C(=O)OCOC(=O)OC(C)C)[C@H]2CCCCN(C)C2=O)CC1. The van der Waals surface area contributed by atoms with Crippen LogP contribution in [0.25, 0.3) is 0 Å². The van der Waals surface area contributed by atoms with Crippen LogP contribution in [0.4, 0.5) is 10.5 Å². The van der Waals surface area contributed by atoms with Gasteiger partial charge in [-0.15, -0.1) is 11.3 Å². The summed E-state index contributed by atoms with van der Waals surface area (Å²) in [5.41, 5.74) is 0.0317. The molecule has 3 rings (SSSR count). The first-order chi connectivity index (χ1) is 19.3. The van der Waals surface area contributed by atoms with Gasteiger partial charge in [-0.3, -0.25) is 14.5 Å². The molecule has 1 atom stereocenters. The summed E-state index contributed by atoms with van der Waals surface area (Å²) in [4.78, 5) is 57.0. The first-order valence-electron chi connectivity index (χ1n) is 14.5. The number of ether oxygens (including phenoxy) is 3. The van der Waals surface area contributed by atoms with Crippen molar-refractivity contribution in [2.45, 2.75) is 98.6 Å². The molecule has 1 saturated heterocycles. The molecule has 0 spiro atoms. The first kappa shape index (κ1) is 32.5. The third kappa shape index (κ3) is 9.22. The summed E-state index contributed by atoms with van der Waals surface area (Å²) < 4.78 is 15.1. The van der Waals surface area contributed by atoms with Gasteiger partial charge in [0.2, 0.25) is 18.6 Å². The number of thiophene rings is 1. The second kappa shape index (κ2) is 14.2. The van der Waals surface area contributed by atoms with Crippen LogP contribution in [0.2, 0.25) is 0 Å². The number of hydrogen-bond donors (Lipinski definition) is 0. The van der Waals surface area contributed by atoms with E-state index in [0.717, 1.165) is 49.9 Å². The molecule has 2 heterocycles. The molecule has 1 aliphatic heterocycles. The Morgan fingerprint density at radius 2 is 1.78 bits per heavy atom. The number of hydrogen-bond acceptors (Lipinski definition) is 8. The van der Waals surface area contributed by atoms with E-state index in [1.54, 1.807) is 36.8 Å². The van der Waals surface area contributed by atoms with Crippen molar-refractivity contribution in [2.75, 3.05) is 25.3 Å². The quantitative estimate of drug-likeness (QED) is 0.219. The van der Waals surface area contributed by atoms with Crippen LogP contribution in [-0.2, 0) is 23.8 Å². The normalized spacial score (nSPS) is 21.4. The molecule has 9 nitrogen and oxygen atoms in total. The minimum Gasteiger partial charge on any atom is -0.431 e. The Labute approximate surface area is 247 Å². The molecule has 2 fully saturated rings. The van der Waals surface area contributed by atoms with Crippen LogP contribution >= 0.6 is 11.3 Å². The smallest absolute Gasteiger partial charge is 0.431 e. The highest BCUT2D eigenvalue weighted by molar-refractivity contribution is 7.15. The van der Waals surface area contributed by atoms with Crippen molar-refractivity contribution in [2.24, 2.45) is 17.3 Å². The van der Waals surface area contributed by atoms with Gasteiger partial charge < -0.3 is 19.1 Å². The van der Waals surface area contributed by atoms with Crippen LogP contribution in [0.1, 0.15) is 101 Å². The molecule has 0 aromatic carbocycles. The van der Waals surface area contributed by atoms with Gasteiger partial charge in [-0.25, -0.2) is 9.59 Å². The molecule has 2 amide bonds. The van der Waals surface area contributed by atoms with Crippen molar-refractivity contribution in [3.05, 3.63) is 15.8 Å². The van der Waals surface area contributed by atoms with Gasteiger partial charge in [-0.2, -0.15) is 0 Å². The van der Waals surface area contributed by atoms with E-state index in [1.165, 1.54) is 0 Å². The Kier molecular flexibility index (Phi) is 11.3. The van der Waals surface area contributed by atoms with Crippen molar-refractivity contribution in [1.29, 1.82) is 0 Å². The number of likely N-dealkylation sites (N-methyl/N-ethyl adjacent to an activating group) is 1. The lowest BCUT2D eigenvalue weighted by Crippen LogP contribution is -2.52. The third-order valence-electron chi connectivity index (χ3n) is 7.21. The molecule has 226 valence electrons. The average Bonchev–Trinajstić information content (AvgIpc) is 3.24. The maximum Gasteiger partial charge on any atom is 0.511 e. The van der Waals surface area contributed by atoms with Crippen molar-refractivity contribution < 1.29 is 33.4 Å². The van der Waals surface area contributed by atoms with Crippen LogP contribution in [0, 0.1) is 29.1 Å². The fourth-order valence-electron chi connectivity index (χ4n) is 5.00. The summed E-state index contributed by atoms with van der Waals surface area (Å²) in [5.74, 6) is 5.56. The maximum atomic E-state index is 14.3. The molecule has 41 heavy (non-hydrogen) atoms. The highest BCUT2D eigenvalue weighted by Crippen LogP contribution is 2.38. The Morgan fingerprint density at radius 1 is 1.10 bits per heavy atom. The number of anilines is 1. The topological polar surface area (TPSA) is 102 Å². The molecule has 1 saturated carbocycles. The van der Waals surface area contributed by atoms with Crippen LogP contribution in [-0.4, -0.2) is 61.4 Å². The van der Waals surface area contributed by atoms with E-state index in [9.17, 15) is 19.2 Å². The molecule has 1 aromatic heterocycles. The number of rotatable bonds is 7. The van der Waals surface area contributed by atoms with Crippen LogP contribution in [0.5, 0.6) is 0 Å². The summed E-state index contributed by atoms with van der Waals surface area (Å²) in [5, 5.41) is 0. The zero-order valence-corrected chi connectivity index (χ0v) is 26.2. The van der Waals surface area contributed by atoms with Gasteiger partial charge in [-0.1, -0.05) is 18.8 Å². The van der Waals surface area contributed by atoms with Gasteiger partial charge in [0, 0.05) is 24.9 Å². The zero-order valence-electron chi connectivity index (χ0n) is 25.4. The van der Waals surface area contributed by atoms with E-state index in [-0.39, 0.29) is 34.1 Å². The average molecular weight is 589 g/mol. The van der Waals surface area contributed by atoms with Crippen LogP contribution < -0.4 is 4.90 Å². The number of esters is 1. The van der Waals surface area contributed by atoms with E-state index >= 15 is 0 Å². The predicted octanol–water partition coefficient (Wildman–Crippen LogP) is 5.99. The summed E-state index contributed by atoms with van der Waals surface area (Å²) in [6.07, 6.45) is 4.12. The lowest BCUT2D eigenvalue weighted by atomic mass is 9.82. The second-order valence-corrected chi connectivity index (χ2v) is 13.4. The standard InChI is InChI=1S/C31H44N2O7S/c1-20(2)40-30(37)39-19-38-29(36)26-25(18-23(41-26)15-16-31(4,5)6)33(24-10-8-9-17-32(7)28(24)35)27(34)22-13-11-21(3)12-14-22/h18,20-22,24H,8-14,17,19H2,1-7H3/t21?,22?,24-/m0/s1. The molecule has 1 aliphatic carbocycles. The van der Waals surface area contributed by atoms with Gasteiger partial charge >= 0.3 is 12.1 Å². The van der Waals surface area contributed by atoms with Crippen molar-refractivity contribution in [3.8, 4) is 11.8 Å². The van der Waals surface area contributed by atoms with Gasteiger partial charge in [0.25, 0.3) is 0 Å². The predicted molar refractivity (Wildman–Crippen MR) is 158 cm³/mol. The van der Waals surface area contributed by atoms with E-state index in [2.05, 4.69) is 18.8 Å². The maximum absolute atomic E-state index is 14.3. The van der Waals surface area contributed by atoms with Gasteiger partial charge in [0.1, 0.15) is 10.9 Å². The number of nitrogens with zero attached hydrogens (tertiary/aromatic N) is 2. The third-order valence-corrected chi connectivity index (χ3v) is 8.23. The highest BCUT2D eigenvalue weighted by atomic mass is 32.1. The summed E-state index contributed by atoms with van der Waals surface area (Å²) in [7, 11) is 1.75. The highest BCUT2D eigenvalue weighted by Gasteiger charge is 2.40. The lowest BCUT2D eigenvalue weighted by Gasteiger charge is -2.36. The van der Waals surface area contributed by atoms with Crippen molar-refractivity contribution >= 4 is 41.0 Å². The second-order valence-electron chi connectivity index (χ2n) is 12.4. The number of carbonyl (C=O) groups excluding carboxylic acids is 4. The minimum atomic E-state index is -0.952. The van der Waals surface area contributed by atoms with E-state index in [1.807, 2.05) is 20.8 Å². The minimum absolute atomic E-state index is 0.140. The molecule has 0 bridgehead atoms. The molecule has 0 unspecified atom stereocenters. The first-order valence-corrected chi connectivity index (χ1v) is 15.3. The van der Waals surface area contributed by atoms with E-state index in [0.29, 0.717) is 29.4 Å². The molecule has 0 N–H and O–H groups in total. The molecular formula is C31H44N2O7S. The molecule has 0 radical (unpaired) electrons. The molecular weight excluding hydrogens is 544 g/mol. The van der Waals surface area contributed by atoms with Crippen molar-refractivity contribution in [3.63, 3.8) is 0 Å². The fraction of sp³-hybridized carbons (Fsp3) is 0.677. The molecule has 10 heteroatoms. The Bertz CT molecular complexity index is 1170. The van der Waals surface area contributed by atoms with Crippen LogP contribution in [0.3, 0.4) is 0 Å². The van der Waals surface area contributed by atoms with Gasteiger partial charge in [-0.05, 0) is 91.5 Å². The summed E-state index contributed by atoms with van der Waals surface area (Å²) in [6.45, 7) is 11.5. The van der Waals surface area contributed by atoms with Gasteiger partial charge in [0.15, 0.2) is 0 Å². The lowest BCUT2D eigenvalue weighted by molar-refractivity contribution is -0.134. The van der Waals surface area contributed by atoms with Gasteiger partial charge in [0.05, 0.1) is 16.7 Å². The molecule has 2 aliphatic rings. The monoisotopic (exact) mass is 588 g/mol. The number of amides is 2. The summed E-state index contributed by atoms with van der Waals surface area (Å²) >= 11 is 1.10. The van der Waals surface area contributed by atoms with Crippen LogP contribution in [0.15, 0.2) is 6.07 Å². The van der Waals surface area contributed by atoms with E-state index in [4.69, 9.17) is 14.2 Å².